The van der Waals surface area contributed by atoms with Crippen LogP contribution in [0.4, 0.5) is 5.69 Å². The monoisotopic (exact) mass is 309 g/mol. The fraction of sp³-hybridized carbons (Fsp3) is 0.118. The van der Waals surface area contributed by atoms with Gasteiger partial charge in [-0.1, -0.05) is 24.3 Å². The lowest BCUT2D eigenvalue weighted by Crippen LogP contribution is -2.35. The Kier molecular flexibility index (Phi) is 5.45. The minimum Gasteiger partial charge on any atom is -0.392 e. The molecule has 0 aliphatic heterocycles. The number of nitriles is 1. The van der Waals surface area contributed by atoms with Gasteiger partial charge < -0.3 is 15.7 Å². The summed E-state index contributed by atoms with van der Waals surface area (Å²) < 4.78 is 0. The average Bonchev–Trinajstić information content (AvgIpc) is 2.60. The smallest absolute Gasteiger partial charge is 0.313 e. The van der Waals surface area contributed by atoms with Crippen molar-refractivity contribution in [3.8, 4) is 6.07 Å². The number of nitrogens with one attached hydrogen (secondary N) is 2. The Morgan fingerprint density at radius 1 is 1.00 bits per heavy atom. The van der Waals surface area contributed by atoms with Crippen LogP contribution in [-0.4, -0.2) is 16.9 Å². The largest absolute Gasteiger partial charge is 0.392 e. The summed E-state index contributed by atoms with van der Waals surface area (Å²) in [6, 6.07) is 15.2. The fourth-order valence-corrected chi connectivity index (χ4v) is 1.96. The lowest BCUT2D eigenvalue weighted by Gasteiger charge is -2.09. The summed E-state index contributed by atoms with van der Waals surface area (Å²) in [5.41, 5.74) is 2.34. The van der Waals surface area contributed by atoms with Crippen molar-refractivity contribution in [2.75, 3.05) is 5.32 Å². The summed E-state index contributed by atoms with van der Waals surface area (Å²) in [7, 11) is 0. The highest BCUT2D eigenvalue weighted by Crippen LogP contribution is 2.09. The van der Waals surface area contributed by atoms with E-state index >= 15 is 0 Å². The Balaban J connectivity index is 1.92. The van der Waals surface area contributed by atoms with Gasteiger partial charge in [0.25, 0.3) is 0 Å². The van der Waals surface area contributed by atoms with Crippen molar-refractivity contribution in [3.05, 3.63) is 65.2 Å². The van der Waals surface area contributed by atoms with Crippen LogP contribution in [0.2, 0.25) is 0 Å². The molecule has 6 heteroatoms. The molecule has 0 bridgehead atoms. The molecule has 0 unspecified atom stereocenters. The Morgan fingerprint density at radius 2 is 1.65 bits per heavy atom. The first-order valence-corrected chi connectivity index (χ1v) is 6.91. The maximum Gasteiger partial charge on any atom is 0.313 e. The molecule has 6 nitrogen and oxygen atoms in total. The molecule has 0 saturated carbocycles. The minimum atomic E-state index is -0.795. The first kappa shape index (κ1) is 16.2. The van der Waals surface area contributed by atoms with Gasteiger partial charge in [-0.15, -0.1) is 0 Å². The number of anilines is 1. The zero-order valence-electron chi connectivity index (χ0n) is 12.2. The summed E-state index contributed by atoms with van der Waals surface area (Å²) >= 11 is 0. The Morgan fingerprint density at radius 3 is 2.26 bits per heavy atom. The van der Waals surface area contributed by atoms with Crippen LogP contribution in [0.1, 0.15) is 16.7 Å². The first-order chi connectivity index (χ1) is 11.1. The number of rotatable bonds is 4. The van der Waals surface area contributed by atoms with Gasteiger partial charge in [-0.05, 0) is 35.4 Å². The van der Waals surface area contributed by atoms with Gasteiger partial charge in [0, 0.05) is 12.2 Å². The number of aliphatic hydroxyl groups excluding tert-OH is 1. The number of benzene rings is 2. The molecule has 116 valence electrons. The number of aliphatic hydroxyl groups is 1. The van der Waals surface area contributed by atoms with Gasteiger partial charge in [0.15, 0.2) is 0 Å². The number of amides is 2. The lowest BCUT2D eigenvalue weighted by atomic mass is 10.1. The normalized spacial score (nSPS) is 9.74. The number of carbonyl (C=O) groups is 2. The topological polar surface area (TPSA) is 102 Å². The standard InChI is InChI=1S/C17H15N3O3/c18-9-12-5-7-15(8-6-12)20-17(23)16(22)19-10-13-3-1-2-4-14(13)11-21/h1-8,21H,10-11H2,(H,19,22)(H,20,23). The van der Waals surface area contributed by atoms with Crippen LogP contribution in [0.5, 0.6) is 0 Å². The van der Waals surface area contributed by atoms with E-state index in [4.69, 9.17) is 5.26 Å². The van der Waals surface area contributed by atoms with E-state index in [1.807, 2.05) is 6.07 Å². The molecule has 2 aromatic rings. The molecule has 0 spiro atoms. The van der Waals surface area contributed by atoms with Crippen molar-refractivity contribution in [2.24, 2.45) is 0 Å². The zero-order valence-corrected chi connectivity index (χ0v) is 12.2. The van der Waals surface area contributed by atoms with E-state index in [9.17, 15) is 14.7 Å². The van der Waals surface area contributed by atoms with Crippen molar-refractivity contribution in [2.45, 2.75) is 13.2 Å². The molecule has 0 radical (unpaired) electrons. The maximum absolute atomic E-state index is 11.8. The third kappa shape index (κ3) is 4.40. The highest BCUT2D eigenvalue weighted by Gasteiger charge is 2.14. The minimum absolute atomic E-state index is 0.135. The third-order valence-electron chi connectivity index (χ3n) is 3.21. The SMILES string of the molecule is N#Cc1ccc(NC(=O)C(=O)NCc2ccccc2CO)cc1. The highest BCUT2D eigenvalue weighted by atomic mass is 16.3. The quantitative estimate of drug-likeness (QED) is 0.741. The number of nitrogens with zero attached hydrogens (tertiary/aromatic N) is 1. The van der Waals surface area contributed by atoms with Crippen LogP contribution in [0.15, 0.2) is 48.5 Å². The summed E-state index contributed by atoms with van der Waals surface area (Å²) in [5, 5.41) is 22.9. The van der Waals surface area contributed by atoms with Crippen molar-refractivity contribution in [1.82, 2.24) is 5.32 Å². The summed E-state index contributed by atoms with van der Waals surface area (Å²) in [6.07, 6.45) is 0. The molecule has 0 aliphatic rings. The Bertz CT molecular complexity index is 748. The fourth-order valence-electron chi connectivity index (χ4n) is 1.96. The second-order valence-electron chi connectivity index (χ2n) is 4.75. The molecule has 23 heavy (non-hydrogen) atoms. The Hall–Kier alpha value is -3.17. The van der Waals surface area contributed by atoms with E-state index in [1.54, 1.807) is 48.5 Å². The van der Waals surface area contributed by atoms with E-state index in [1.165, 1.54) is 0 Å². The van der Waals surface area contributed by atoms with Crippen molar-refractivity contribution < 1.29 is 14.7 Å². The van der Waals surface area contributed by atoms with Gasteiger partial charge in [0.2, 0.25) is 0 Å². The number of hydrogen-bond donors (Lipinski definition) is 3. The Labute approximate surface area is 133 Å². The summed E-state index contributed by atoms with van der Waals surface area (Å²) in [5.74, 6) is -1.57. The van der Waals surface area contributed by atoms with Gasteiger partial charge in [-0.25, -0.2) is 0 Å². The molecule has 0 heterocycles. The van der Waals surface area contributed by atoms with Gasteiger partial charge >= 0.3 is 11.8 Å². The molecule has 3 N–H and O–H groups in total. The second-order valence-corrected chi connectivity index (χ2v) is 4.75. The predicted octanol–water partition coefficient (Wildman–Crippen LogP) is 1.31. The van der Waals surface area contributed by atoms with Crippen LogP contribution >= 0.6 is 0 Å². The highest BCUT2D eigenvalue weighted by molar-refractivity contribution is 6.39. The molecule has 0 saturated heterocycles. The average molecular weight is 309 g/mol. The summed E-state index contributed by atoms with van der Waals surface area (Å²) in [6.45, 7) is 0.0137. The molecule has 2 amide bonds. The van der Waals surface area contributed by atoms with Crippen molar-refractivity contribution in [3.63, 3.8) is 0 Å². The molecular weight excluding hydrogens is 294 g/mol. The second kappa shape index (κ2) is 7.73. The van der Waals surface area contributed by atoms with Crippen LogP contribution in [0, 0.1) is 11.3 Å². The van der Waals surface area contributed by atoms with Gasteiger partial charge in [-0.2, -0.15) is 5.26 Å². The van der Waals surface area contributed by atoms with Crippen LogP contribution in [0.3, 0.4) is 0 Å². The van der Waals surface area contributed by atoms with Crippen molar-refractivity contribution in [1.29, 1.82) is 5.26 Å². The lowest BCUT2D eigenvalue weighted by molar-refractivity contribution is -0.136. The van der Waals surface area contributed by atoms with Gasteiger partial charge in [0.05, 0.1) is 18.2 Å². The molecule has 0 aromatic heterocycles. The van der Waals surface area contributed by atoms with Crippen LogP contribution in [-0.2, 0) is 22.7 Å². The van der Waals surface area contributed by atoms with Crippen LogP contribution in [0.25, 0.3) is 0 Å². The van der Waals surface area contributed by atoms with E-state index < -0.39 is 11.8 Å². The van der Waals surface area contributed by atoms with Crippen molar-refractivity contribution >= 4 is 17.5 Å². The first-order valence-electron chi connectivity index (χ1n) is 6.91. The van der Waals surface area contributed by atoms with Gasteiger partial charge in [-0.3, -0.25) is 9.59 Å². The third-order valence-corrected chi connectivity index (χ3v) is 3.21. The molecular formula is C17H15N3O3. The predicted molar refractivity (Wildman–Crippen MR) is 84.0 cm³/mol. The van der Waals surface area contributed by atoms with Gasteiger partial charge in [0.1, 0.15) is 0 Å². The summed E-state index contributed by atoms with van der Waals surface area (Å²) in [4.78, 5) is 23.6. The van der Waals surface area contributed by atoms with E-state index in [0.717, 1.165) is 5.56 Å². The molecule has 0 aliphatic carbocycles. The molecule has 0 atom stereocenters. The van der Waals surface area contributed by atoms with E-state index in [0.29, 0.717) is 16.8 Å². The number of hydrogen-bond acceptors (Lipinski definition) is 4. The number of carbonyl (C=O) groups excluding carboxylic acids is 2. The molecule has 2 rings (SSSR count). The maximum atomic E-state index is 11.8. The van der Waals surface area contributed by atoms with Crippen LogP contribution < -0.4 is 10.6 Å². The zero-order chi connectivity index (χ0) is 16.7. The van der Waals surface area contributed by atoms with E-state index in [-0.39, 0.29) is 13.2 Å². The molecule has 2 aromatic carbocycles. The van der Waals surface area contributed by atoms with E-state index in [2.05, 4.69) is 10.6 Å². The molecule has 0 fully saturated rings.